The highest BCUT2D eigenvalue weighted by atomic mass is 16.6. The van der Waals surface area contributed by atoms with Gasteiger partial charge in [0.15, 0.2) is 11.5 Å². The fourth-order valence-corrected chi connectivity index (χ4v) is 2.99. The lowest BCUT2D eigenvalue weighted by Gasteiger charge is -2.11. The van der Waals surface area contributed by atoms with E-state index in [-0.39, 0.29) is 5.91 Å². The molecule has 0 saturated carbocycles. The van der Waals surface area contributed by atoms with Crippen molar-refractivity contribution in [3.63, 3.8) is 0 Å². The molecule has 2 aromatic carbocycles. The molecule has 0 unspecified atom stereocenters. The Morgan fingerprint density at radius 2 is 1.68 bits per heavy atom. The van der Waals surface area contributed by atoms with E-state index in [1.54, 1.807) is 48.7 Å². The SMILES string of the molecule is CCCCCCCCC(=O)N/N=C/c1ccc(OC(=O)c2ccccc2)c(OCC)c1. The number of amides is 1. The first-order valence-corrected chi connectivity index (χ1v) is 11.0. The zero-order valence-corrected chi connectivity index (χ0v) is 18.4. The maximum atomic E-state index is 12.3. The summed E-state index contributed by atoms with van der Waals surface area (Å²) in [6.07, 6.45) is 8.84. The molecule has 0 radical (unpaired) electrons. The van der Waals surface area contributed by atoms with Crippen LogP contribution in [0.2, 0.25) is 0 Å². The Labute approximate surface area is 184 Å². The van der Waals surface area contributed by atoms with Gasteiger partial charge in [0.2, 0.25) is 5.91 Å². The highest BCUT2D eigenvalue weighted by Crippen LogP contribution is 2.29. The summed E-state index contributed by atoms with van der Waals surface area (Å²) in [5, 5.41) is 4.02. The van der Waals surface area contributed by atoms with E-state index < -0.39 is 5.97 Å². The highest BCUT2D eigenvalue weighted by molar-refractivity contribution is 5.91. The number of ether oxygens (including phenoxy) is 2. The van der Waals surface area contributed by atoms with Gasteiger partial charge >= 0.3 is 5.97 Å². The topological polar surface area (TPSA) is 77.0 Å². The van der Waals surface area contributed by atoms with Gasteiger partial charge in [-0.15, -0.1) is 0 Å². The van der Waals surface area contributed by atoms with Gasteiger partial charge in [-0.05, 0) is 49.2 Å². The van der Waals surface area contributed by atoms with Gasteiger partial charge in [-0.2, -0.15) is 5.10 Å². The van der Waals surface area contributed by atoms with Crippen LogP contribution >= 0.6 is 0 Å². The fraction of sp³-hybridized carbons (Fsp3) is 0.400. The smallest absolute Gasteiger partial charge is 0.343 e. The maximum Gasteiger partial charge on any atom is 0.343 e. The molecule has 0 aromatic heterocycles. The Morgan fingerprint density at radius 1 is 0.935 bits per heavy atom. The number of hydrogen-bond donors (Lipinski definition) is 1. The average Bonchev–Trinajstić information content (AvgIpc) is 2.78. The van der Waals surface area contributed by atoms with Gasteiger partial charge in [-0.3, -0.25) is 4.79 Å². The predicted molar refractivity (Wildman–Crippen MR) is 123 cm³/mol. The van der Waals surface area contributed by atoms with Gasteiger partial charge < -0.3 is 9.47 Å². The summed E-state index contributed by atoms with van der Waals surface area (Å²) in [6.45, 7) is 4.46. The summed E-state index contributed by atoms with van der Waals surface area (Å²) < 4.78 is 11.1. The van der Waals surface area contributed by atoms with E-state index >= 15 is 0 Å². The van der Waals surface area contributed by atoms with Gasteiger partial charge in [0.05, 0.1) is 18.4 Å². The second-order valence-corrected chi connectivity index (χ2v) is 7.21. The molecule has 166 valence electrons. The van der Waals surface area contributed by atoms with Gasteiger partial charge in [-0.1, -0.05) is 57.2 Å². The molecule has 1 N–H and O–H groups in total. The number of nitrogens with zero attached hydrogens (tertiary/aromatic N) is 1. The number of hydrogen-bond acceptors (Lipinski definition) is 5. The Balaban J connectivity index is 1.88. The van der Waals surface area contributed by atoms with Crippen LogP contribution < -0.4 is 14.9 Å². The lowest BCUT2D eigenvalue weighted by atomic mass is 10.1. The molecule has 6 heteroatoms. The zero-order valence-electron chi connectivity index (χ0n) is 18.4. The summed E-state index contributed by atoms with van der Waals surface area (Å²) >= 11 is 0. The first kappa shape index (κ1) is 24.1. The predicted octanol–water partition coefficient (Wildman–Crippen LogP) is 5.51. The molecule has 6 nitrogen and oxygen atoms in total. The van der Waals surface area contributed by atoms with E-state index in [0.29, 0.717) is 30.1 Å². The molecule has 2 aromatic rings. The standard InChI is InChI=1S/C25H32N2O4/c1-3-5-6-7-8-12-15-24(28)27-26-19-20-16-17-22(23(18-20)30-4-2)31-25(29)21-13-10-9-11-14-21/h9-11,13-14,16-19H,3-8,12,15H2,1-2H3,(H,27,28)/b26-19+. The van der Waals surface area contributed by atoms with Crippen LogP contribution in [0.3, 0.4) is 0 Å². The van der Waals surface area contributed by atoms with Crippen molar-refractivity contribution in [2.45, 2.75) is 58.8 Å². The molecular weight excluding hydrogens is 392 g/mol. The van der Waals surface area contributed by atoms with E-state index in [9.17, 15) is 9.59 Å². The third kappa shape index (κ3) is 9.03. The number of unbranched alkanes of at least 4 members (excludes halogenated alkanes) is 5. The number of rotatable bonds is 13. The normalized spacial score (nSPS) is 10.8. The van der Waals surface area contributed by atoms with E-state index in [4.69, 9.17) is 9.47 Å². The molecule has 0 saturated heterocycles. The van der Waals surface area contributed by atoms with Gasteiger partial charge in [0.25, 0.3) is 0 Å². The molecular formula is C25H32N2O4. The number of esters is 1. The molecule has 0 fully saturated rings. The molecule has 0 aliphatic rings. The summed E-state index contributed by atoms with van der Waals surface area (Å²) in [4.78, 5) is 24.2. The zero-order chi connectivity index (χ0) is 22.3. The monoisotopic (exact) mass is 424 g/mol. The molecule has 0 aliphatic carbocycles. The second-order valence-electron chi connectivity index (χ2n) is 7.21. The first-order valence-electron chi connectivity index (χ1n) is 11.0. The summed E-state index contributed by atoms with van der Waals surface area (Å²) in [7, 11) is 0. The minimum atomic E-state index is -0.454. The fourth-order valence-electron chi connectivity index (χ4n) is 2.99. The van der Waals surface area contributed by atoms with Crippen molar-refractivity contribution in [3.05, 3.63) is 59.7 Å². The quantitative estimate of drug-likeness (QED) is 0.151. The van der Waals surface area contributed by atoms with Gasteiger partial charge in [-0.25, -0.2) is 10.2 Å². The van der Waals surface area contributed by atoms with Crippen LogP contribution in [-0.2, 0) is 4.79 Å². The van der Waals surface area contributed by atoms with E-state index in [2.05, 4.69) is 17.5 Å². The Bertz CT molecular complexity index is 850. The van der Waals surface area contributed by atoms with Crippen LogP contribution in [0, 0.1) is 0 Å². The van der Waals surface area contributed by atoms with Crippen molar-refractivity contribution in [3.8, 4) is 11.5 Å². The van der Waals surface area contributed by atoms with E-state index in [1.807, 2.05) is 13.0 Å². The molecule has 31 heavy (non-hydrogen) atoms. The molecule has 0 spiro atoms. The first-order chi connectivity index (χ1) is 15.1. The lowest BCUT2D eigenvalue weighted by Crippen LogP contribution is -2.16. The van der Waals surface area contributed by atoms with Crippen LogP contribution in [0.15, 0.2) is 53.6 Å². The largest absolute Gasteiger partial charge is 0.490 e. The van der Waals surface area contributed by atoms with Crippen molar-refractivity contribution in [1.82, 2.24) is 5.43 Å². The van der Waals surface area contributed by atoms with E-state index in [1.165, 1.54) is 25.7 Å². The number of hydrazone groups is 1. The Hall–Kier alpha value is -3.15. The average molecular weight is 425 g/mol. The van der Waals surface area contributed by atoms with Crippen molar-refractivity contribution in [2.24, 2.45) is 5.10 Å². The molecule has 0 bridgehead atoms. The third-order valence-electron chi connectivity index (χ3n) is 4.64. The van der Waals surface area contributed by atoms with Crippen LogP contribution in [0.5, 0.6) is 11.5 Å². The number of carbonyl (C=O) groups is 2. The van der Waals surface area contributed by atoms with Crippen LogP contribution in [-0.4, -0.2) is 24.7 Å². The molecule has 0 atom stereocenters. The number of nitrogens with one attached hydrogen (secondary N) is 1. The van der Waals surface area contributed by atoms with Crippen molar-refractivity contribution < 1.29 is 19.1 Å². The lowest BCUT2D eigenvalue weighted by molar-refractivity contribution is -0.121. The minimum absolute atomic E-state index is 0.0924. The second kappa shape index (κ2) is 14.0. The van der Waals surface area contributed by atoms with Gasteiger partial charge in [0, 0.05) is 6.42 Å². The van der Waals surface area contributed by atoms with Crippen LogP contribution in [0.1, 0.15) is 74.7 Å². The minimum Gasteiger partial charge on any atom is -0.490 e. The molecule has 0 heterocycles. The maximum absolute atomic E-state index is 12.3. The Kier molecular flexibility index (Phi) is 10.9. The molecule has 0 aliphatic heterocycles. The molecule has 2 rings (SSSR count). The van der Waals surface area contributed by atoms with Crippen molar-refractivity contribution in [2.75, 3.05) is 6.61 Å². The third-order valence-corrected chi connectivity index (χ3v) is 4.64. The summed E-state index contributed by atoms with van der Waals surface area (Å²) in [6, 6.07) is 13.9. The van der Waals surface area contributed by atoms with Crippen LogP contribution in [0.25, 0.3) is 0 Å². The van der Waals surface area contributed by atoms with Crippen LogP contribution in [0.4, 0.5) is 0 Å². The summed E-state index contributed by atoms with van der Waals surface area (Å²) in [5.74, 6) is 0.226. The number of carbonyl (C=O) groups excluding carboxylic acids is 2. The number of benzene rings is 2. The van der Waals surface area contributed by atoms with E-state index in [0.717, 1.165) is 18.4 Å². The highest BCUT2D eigenvalue weighted by Gasteiger charge is 2.13. The summed E-state index contributed by atoms with van der Waals surface area (Å²) in [5.41, 5.74) is 3.74. The molecule has 1 amide bonds. The van der Waals surface area contributed by atoms with Crippen molar-refractivity contribution in [1.29, 1.82) is 0 Å². The van der Waals surface area contributed by atoms with Gasteiger partial charge in [0.1, 0.15) is 0 Å². The Morgan fingerprint density at radius 3 is 2.42 bits per heavy atom. The van der Waals surface area contributed by atoms with Crippen molar-refractivity contribution >= 4 is 18.1 Å².